The first-order valence-electron chi connectivity index (χ1n) is 15.6. The van der Waals surface area contributed by atoms with E-state index in [0.29, 0.717) is 63.1 Å². The number of carbonyl (C=O) groups excluding carboxylic acids is 5. The third-order valence-corrected chi connectivity index (χ3v) is 7.31. The van der Waals surface area contributed by atoms with Gasteiger partial charge in [-0.25, -0.2) is 0 Å². The van der Waals surface area contributed by atoms with Crippen LogP contribution in [0.3, 0.4) is 0 Å². The van der Waals surface area contributed by atoms with E-state index in [4.69, 9.17) is 34.5 Å². The number of hydrogen-bond acceptors (Lipinski definition) is 8. The molecule has 0 saturated carbocycles. The Labute approximate surface area is 274 Å². The van der Waals surface area contributed by atoms with Crippen LogP contribution in [0, 0.1) is 0 Å². The maximum absolute atomic E-state index is 13.5. The van der Waals surface area contributed by atoms with E-state index in [2.05, 4.69) is 36.9 Å². The summed E-state index contributed by atoms with van der Waals surface area (Å²) in [6, 6.07) is -3.03. The van der Waals surface area contributed by atoms with E-state index in [1.54, 1.807) is 0 Å². The summed E-state index contributed by atoms with van der Waals surface area (Å²) in [7, 11) is 0. The summed E-state index contributed by atoms with van der Waals surface area (Å²) < 4.78 is 0. The number of nitrogens with two attached hydrogens (primary N) is 3. The van der Waals surface area contributed by atoms with Crippen LogP contribution in [-0.4, -0.2) is 96.0 Å². The lowest BCUT2D eigenvalue weighted by Gasteiger charge is -2.25. The van der Waals surface area contributed by atoms with Gasteiger partial charge in [-0.05, 0) is 76.4 Å². The van der Waals surface area contributed by atoms with Crippen LogP contribution in [-0.2, 0) is 28.8 Å². The fraction of sp³-hybridized carbons (Fsp3) is 0.714. The lowest BCUT2D eigenvalue weighted by Crippen LogP contribution is -2.56. The van der Waals surface area contributed by atoms with E-state index >= 15 is 0 Å². The molecule has 0 aromatic rings. The summed E-state index contributed by atoms with van der Waals surface area (Å²) in [6.45, 7) is 1.22. The first kappa shape index (κ1) is 39.8. The Balaban J connectivity index is 3.03. The molecule has 46 heavy (non-hydrogen) atoms. The maximum atomic E-state index is 13.5. The number of thiocarbonyl (C=S) groups is 1. The number of rotatable bonds is 13. The van der Waals surface area contributed by atoms with Crippen molar-refractivity contribution in [2.45, 2.75) is 102 Å². The van der Waals surface area contributed by atoms with Gasteiger partial charge in [-0.3, -0.25) is 33.8 Å². The molecular weight excluding hydrogens is 620 g/mol. The monoisotopic (exact) mass is 670 g/mol. The van der Waals surface area contributed by atoms with Gasteiger partial charge in [0.05, 0.1) is 6.42 Å². The zero-order valence-electron chi connectivity index (χ0n) is 26.2. The number of aliphatic carboxylic acids is 1. The van der Waals surface area contributed by atoms with Gasteiger partial charge in [0, 0.05) is 39.0 Å². The van der Waals surface area contributed by atoms with Crippen LogP contribution in [0.15, 0.2) is 4.99 Å². The zero-order chi connectivity index (χ0) is 34.3. The van der Waals surface area contributed by atoms with Gasteiger partial charge in [0.15, 0.2) is 11.1 Å². The predicted molar refractivity (Wildman–Crippen MR) is 175 cm³/mol. The minimum atomic E-state index is -1.05. The van der Waals surface area contributed by atoms with Crippen molar-refractivity contribution in [2.24, 2.45) is 22.2 Å². The van der Waals surface area contributed by atoms with Gasteiger partial charge in [-0.2, -0.15) is 0 Å². The van der Waals surface area contributed by atoms with Gasteiger partial charge >= 0.3 is 5.97 Å². The van der Waals surface area contributed by atoms with E-state index in [0.717, 1.165) is 0 Å². The molecule has 0 spiro atoms. The van der Waals surface area contributed by atoms with Crippen molar-refractivity contribution in [2.75, 3.05) is 26.2 Å². The van der Waals surface area contributed by atoms with Crippen molar-refractivity contribution >= 4 is 58.8 Å². The van der Waals surface area contributed by atoms with E-state index in [-0.39, 0.29) is 69.4 Å². The normalized spacial score (nSPS) is 20.7. The second-order valence-electron chi connectivity index (χ2n) is 11.0. The smallest absolute Gasteiger partial charge is 0.305 e. The lowest BCUT2D eigenvalue weighted by molar-refractivity contribution is -0.137. The molecule has 18 heteroatoms. The summed E-state index contributed by atoms with van der Waals surface area (Å²) in [5.74, 6) is -3.51. The molecule has 3 atom stereocenters. The molecule has 0 aromatic carbocycles. The fourth-order valence-corrected chi connectivity index (χ4v) is 4.72. The van der Waals surface area contributed by atoms with Crippen LogP contribution in [0.5, 0.6) is 0 Å². The summed E-state index contributed by atoms with van der Waals surface area (Å²) >= 11 is 5.13. The Morgan fingerprint density at radius 1 is 0.826 bits per heavy atom. The van der Waals surface area contributed by atoms with Gasteiger partial charge in [0.25, 0.3) is 0 Å². The third-order valence-electron chi connectivity index (χ3n) is 7.02. The van der Waals surface area contributed by atoms with Crippen LogP contribution in [0.25, 0.3) is 0 Å². The largest absolute Gasteiger partial charge is 0.481 e. The number of amides is 5. The van der Waals surface area contributed by atoms with Gasteiger partial charge in [-0.1, -0.05) is 0 Å². The highest BCUT2D eigenvalue weighted by Gasteiger charge is 2.29. The predicted octanol–water partition coefficient (Wildman–Crippen LogP) is -2.05. The van der Waals surface area contributed by atoms with Crippen molar-refractivity contribution in [3.63, 3.8) is 0 Å². The second-order valence-corrected chi connectivity index (χ2v) is 11.4. The number of carboxylic acids is 1. The molecule has 0 aliphatic carbocycles. The van der Waals surface area contributed by atoms with Gasteiger partial charge in [0.2, 0.25) is 29.5 Å². The Hall–Kier alpha value is -4.22. The van der Waals surface area contributed by atoms with E-state index in [9.17, 15) is 28.8 Å². The molecule has 0 radical (unpaired) electrons. The fourth-order valence-electron chi connectivity index (χ4n) is 4.52. The first-order valence-corrected chi connectivity index (χ1v) is 16.0. The van der Waals surface area contributed by atoms with Crippen LogP contribution in [0.1, 0.15) is 83.5 Å². The molecule has 17 nitrogen and oxygen atoms in total. The third kappa shape index (κ3) is 19.2. The quantitative estimate of drug-likeness (QED) is 0.0439. The topological polar surface area (TPSA) is 285 Å². The molecule has 1 rings (SSSR count). The molecule has 0 aromatic heterocycles. The molecular formula is C28H50N10O7S. The Bertz CT molecular complexity index is 1070. The standard InChI is InChI=1S/C28H50N10O7S/c29-24(43)18-8-3-5-14-32-21(39)11-1-2-12-22(40)36-19(10-7-16-33-27(30)31)25(44)38-20(26(45)37-18)9-4-6-15-34-28(46)35-17-13-23(41)42/h18-20H,1-17H2,(H2,29,43)(H,32,39)(H,36,40)(H,37,45)(H,38,44)(H,41,42)(H4,30,31,33)(H2,34,35,46)/t18-,19-,20-/m0/s1. The Morgan fingerprint density at radius 3 is 2.13 bits per heavy atom. The van der Waals surface area contributed by atoms with Crippen molar-refractivity contribution < 1.29 is 33.9 Å². The van der Waals surface area contributed by atoms with E-state index < -0.39 is 41.8 Å². The highest BCUT2D eigenvalue weighted by atomic mass is 32.1. The van der Waals surface area contributed by atoms with E-state index in [1.807, 2.05) is 0 Å². The zero-order valence-corrected chi connectivity index (χ0v) is 27.1. The molecule has 1 aliphatic heterocycles. The van der Waals surface area contributed by atoms with Crippen molar-refractivity contribution in [1.29, 1.82) is 0 Å². The number of nitrogens with zero attached hydrogens (tertiary/aromatic N) is 1. The van der Waals surface area contributed by atoms with E-state index in [1.165, 1.54) is 0 Å². The minimum Gasteiger partial charge on any atom is -0.481 e. The highest BCUT2D eigenvalue weighted by Crippen LogP contribution is 2.09. The minimum absolute atomic E-state index is 0.0864. The number of aliphatic imine (C=N–C) groups is 1. The second kappa shape index (κ2) is 23.2. The average Bonchev–Trinajstić information content (AvgIpc) is 2.98. The number of nitrogens with one attached hydrogen (secondary N) is 6. The average molecular weight is 671 g/mol. The van der Waals surface area contributed by atoms with Gasteiger partial charge < -0.3 is 54.2 Å². The number of guanidine groups is 1. The van der Waals surface area contributed by atoms with Crippen molar-refractivity contribution in [1.82, 2.24) is 31.9 Å². The summed E-state index contributed by atoms with van der Waals surface area (Å²) in [5, 5.41) is 25.7. The number of carbonyl (C=O) groups is 6. The maximum Gasteiger partial charge on any atom is 0.305 e. The molecule has 0 unspecified atom stereocenters. The number of carboxylic acid groups (broad SMARTS) is 1. The van der Waals surface area contributed by atoms with Crippen LogP contribution in [0.2, 0.25) is 0 Å². The van der Waals surface area contributed by atoms with Crippen LogP contribution < -0.4 is 49.1 Å². The van der Waals surface area contributed by atoms with Crippen molar-refractivity contribution in [3.05, 3.63) is 0 Å². The highest BCUT2D eigenvalue weighted by molar-refractivity contribution is 7.80. The lowest BCUT2D eigenvalue weighted by atomic mass is 10.0. The van der Waals surface area contributed by atoms with Gasteiger partial charge in [-0.15, -0.1) is 0 Å². The van der Waals surface area contributed by atoms with Gasteiger partial charge in [0.1, 0.15) is 18.1 Å². The molecule has 1 fully saturated rings. The molecule has 260 valence electrons. The molecule has 1 aliphatic rings. The molecule has 13 N–H and O–H groups in total. The molecule has 0 bridgehead atoms. The summed E-state index contributed by atoms with van der Waals surface area (Å²) in [6.07, 6.45) is 4.28. The number of hydrogen-bond donors (Lipinski definition) is 10. The number of primary amides is 1. The molecule has 5 amide bonds. The summed E-state index contributed by atoms with van der Waals surface area (Å²) in [5.41, 5.74) is 16.3. The van der Waals surface area contributed by atoms with Crippen molar-refractivity contribution in [3.8, 4) is 0 Å². The first-order chi connectivity index (χ1) is 21.9. The molecule has 1 heterocycles. The Morgan fingerprint density at radius 2 is 1.46 bits per heavy atom. The van der Waals surface area contributed by atoms with Crippen LogP contribution in [0.4, 0.5) is 0 Å². The Kier molecular flexibility index (Phi) is 20.0. The summed E-state index contributed by atoms with van der Waals surface area (Å²) in [4.78, 5) is 78.4. The van der Waals surface area contributed by atoms with Crippen LogP contribution >= 0.6 is 12.2 Å². The number of unbranched alkanes of at least 4 members (excludes halogenated alkanes) is 1. The molecule has 1 saturated heterocycles. The SMILES string of the molecule is NC(=O)[C@@H]1CCCCNC(=O)CCCCC(=O)N[C@@H](CCCN=C(N)N)C(=O)N[C@@H](CCCCNC(=S)NCCC(=O)O)C(=O)N1.